The Morgan fingerprint density at radius 1 is 1.29 bits per heavy atom. The first-order valence-corrected chi connectivity index (χ1v) is 11.1. The van der Waals surface area contributed by atoms with Gasteiger partial charge in [-0.05, 0) is 48.6 Å². The maximum atomic E-state index is 13.2. The standard InChI is InChI=1S/C21H17FN6OS2/c22-13-5-7-14(8-6-13)28-19(24)15(11-23)16(27-28)3-1-9-25-20(29)18-12-26-21(31-18)17-4-2-10-30-17/h2,4-8,10,12H,1,3,9,24H2,(H,25,29). The lowest BCUT2D eigenvalue weighted by atomic mass is 10.1. The summed E-state index contributed by atoms with van der Waals surface area (Å²) >= 11 is 2.93. The molecule has 10 heteroatoms. The molecular weight excluding hydrogens is 435 g/mol. The zero-order valence-corrected chi connectivity index (χ0v) is 17.8. The molecule has 0 aliphatic carbocycles. The van der Waals surface area contributed by atoms with Gasteiger partial charge in [0.15, 0.2) is 0 Å². The van der Waals surface area contributed by atoms with Crippen LogP contribution in [0.15, 0.2) is 48.0 Å². The molecule has 0 unspecified atom stereocenters. The van der Waals surface area contributed by atoms with Gasteiger partial charge in [0.1, 0.15) is 33.2 Å². The van der Waals surface area contributed by atoms with E-state index >= 15 is 0 Å². The van der Waals surface area contributed by atoms with E-state index in [1.54, 1.807) is 29.7 Å². The van der Waals surface area contributed by atoms with Crippen molar-refractivity contribution in [3.8, 4) is 21.6 Å². The Labute approximate surface area is 185 Å². The van der Waals surface area contributed by atoms with Crippen molar-refractivity contribution >= 4 is 34.4 Å². The summed E-state index contributed by atoms with van der Waals surface area (Å²) in [5.74, 6) is -0.342. The van der Waals surface area contributed by atoms with Gasteiger partial charge < -0.3 is 11.1 Å². The van der Waals surface area contributed by atoms with Crippen LogP contribution in [0, 0.1) is 17.1 Å². The minimum absolute atomic E-state index is 0.183. The highest BCUT2D eigenvalue weighted by Crippen LogP contribution is 2.28. The number of thiophene rings is 1. The van der Waals surface area contributed by atoms with Gasteiger partial charge in [-0.1, -0.05) is 6.07 Å². The lowest BCUT2D eigenvalue weighted by molar-refractivity contribution is 0.0957. The van der Waals surface area contributed by atoms with Crippen LogP contribution >= 0.6 is 22.7 Å². The second-order valence-electron chi connectivity index (χ2n) is 6.57. The van der Waals surface area contributed by atoms with Crippen molar-refractivity contribution in [3.05, 3.63) is 69.9 Å². The number of rotatable bonds is 7. The second-order valence-corrected chi connectivity index (χ2v) is 8.55. The van der Waals surface area contributed by atoms with Crippen molar-refractivity contribution in [2.24, 2.45) is 0 Å². The van der Waals surface area contributed by atoms with E-state index < -0.39 is 0 Å². The number of nitrogens with zero attached hydrogens (tertiary/aromatic N) is 4. The Morgan fingerprint density at radius 2 is 2.10 bits per heavy atom. The van der Waals surface area contributed by atoms with Crippen LogP contribution in [0.25, 0.3) is 15.6 Å². The van der Waals surface area contributed by atoms with E-state index in [9.17, 15) is 14.4 Å². The lowest BCUT2D eigenvalue weighted by Gasteiger charge is -2.03. The summed E-state index contributed by atoms with van der Waals surface area (Å²) in [5, 5.41) is 19.5. The number of carbonyl (C=O) groups is 1. The highest BCUT2D eigenvalue weighted by molar-refractivity contribution is 7.21. The number of nitriles is 1. The second kappa shape index (κ2) is 9.07. The number of anilines is 1. The molecule has 0 spiro atoms. The van der Waals surface area contributed by atoms with Gasteiger partial charge in [-0.3, -0.25) is 4.79 Å². The molecule has 1 amide bonds. The number of nitrogens with two attached hydrogens (primary N) is 1. The summed E-state index contributed by atoms with van der Waals surface area (Å²) in [6.07, 6.45) is 2.62. The fraction of sp³-hybridized carbons (Fsp3) is 0.143. The molecule has 3 aromatic heterocycles. The van der Waals surface area contributed by atoms with Gasteiger partial charge in [0, 0.05) is 6.54 Å². The molecular formula is C21H17FN6OS2. The van der Waals surface area contributed by atoms with E-state index in [0.717, 1.165) is 9.88 Å². The maximum Gasteiger partial charge on any atom is 0.263 e. The van der Waals surface area contributed by atoms with Crippen LogP contribution < -0.4 is 11.1 Å². The molecule has 0 aliphatic heterocycles. The van der Waals surface area contributed by atoms with Crippen LogP contribution in [0.2, 0.25) is 0 Å². The molecule has 156 valence electrons. The van der Waals surface area contributed by atoms with E-state index in [0.29, 0.717) is 41.2 Å². The molecule has 0 radical (unpaired) electrons. The van der Waals surface area contributed by atoms with E-state index in [4.69, 9.17) is 5.73 Å². The van der Waals surface area contributed by atoms with Gasteiger partial charge in [0.05, 0.1) is 22.5 Å². The summed E-state index contributed by atoms with van der Waals surface area (Å²) in [6, 6.07) is 11.7. The monoisotopic (exact) mass is 452 g/mol. The molecule has 0 aliphatic rings. The summed E-state index contributed by atoms with van der Waals surface area (Å²) in [5.41, 5.74) is 7.47. The molecule has 0 atom stereocenters. The topological polar surface area (TPSA) is 110 Å². The Bertz CT molecular complexity index is 1240. The average Bonchev–Trinajstić information content (AvgIpc) is 3.51. The largest absolute Gasteiger partial charge is 0.382 e. The lowest BCUT2D eigenvalue weighted by Crippen LogP contribution is -2.24. The van der Waals surface area contributed by atoms with Gasteiger partial charge in [0.2, 0.25) is 0 Å². The van der Waals surface area contributed by atoms with Gasteiger partial charge in [0.25, 0.3) is 5.91 Å². The number of carbonyl (C=O) groups excluding carboxylic acids is 1. The maximum absolute atomic E-state index is 13.2. The first-order valence-electron chi connectivity index (χ1n) is 9.38. The molecule has 4 rings (SSSR count). The van der Waals surface area contributed by atoms with Gasteiger partial charge >= 0.3 is 0 Å². The predicted octanol–water partition coefficient (Wildman–Crippen LogP) is 4.01. The molecule has 4 aromatic rings. The first-order chi connectivity index (χ1) is 15.1. The minimum atomic E-state index is -0.366. The molecule has 0 saturated heterocycles. The molecule has 31 heavy (non-hydrogen) atoms. The fourth-order valence-corrected chi connectivity index (χ4v) is 4.63. The smallest absolute Gasteiger partial charge is 0.263 e. The quantitative estimate of drug-likeness (QED) is 0.412. The molecule has 3 heterocycles. The zero-order chi connectivity index (χ0) is 21.8. The third-order valence-corrected chi connectivity index (χ3v) is 6.55. The van der Waals surface area contributed by atoms with Crippen molar-refractivity contribution < 1.29 is 9.18 Å². The molecule has 3 N–H and O–H groups in total. The third-order valence-electron chi connectivity index (χ3n) is 4.51. The summed E-state index contributed by atoms with van der Waals surface area (Å²) in [4.78, 5) is 18.3. The molecule has 0 saturated carbocycles. The molecule has 7 nitrogen and oxygen atoms in total. The van der Waals surface area contributed by atoms with Crippen molar-refractivity contribution in [2.75, 3.05) is 12.3 Å². The third kappa shape index (κ3) is 4.47. The number of benzene rings is 1. The van der Waals surface area contributed by atoms with E-state index in [-0.39, 0.29) is 17.5 Å². The SMILES string of the molecule is N#Cc1c(CCCNC(=O)c2cnc(-c3cccs3)s2)nn(-c2ccc(F)cc2)c1N. The van der Waals surface area contributed by atoms with E-state index in [2.05, 4.69) is 21.5 Å². The number of aryl methyl sites for hydroxylation is 1. The van der Waals surface area contributed by atoms with Gasteiger partial charge in [-0.25, -0.2) is 14.1 Å². The number of nitrogens with one attached hydrogen (secondary N) is 1. The average molecular weight is 453 g/mol. The molecule has 0 bridgehead atoms. The van der Waals surface area contributed by atoms with Gasteiger partial charge in [-0.2, -0.15) is 10.4 Å². The van der Waals surface area contributed by atoms with Crippen molar-refractivity contribution in [1.82, 2.24) is 20.1 Å². The summed E-state index contributed by atoms with van der Waals surface area (Å²) in [7, 11) is 0. The predicted molar refractivity (Wildman–Crippen MR) is 119 cm³/mol. The van der Waals surface area contributed by atoms with Crippen molar-refractivity contribution in [1.29, 1.82) is 5.26 Å². The van der Waals surface area contributed by atoms with Crippen LogP contribution in [0.3, 0.4) is 0 Å². The van der Waals surface area contributed by atoms with Crippen LogP contribution in [0.4, 0.5) is 10.2 Å². The number of hydrogen-bond donors (Lipinski definition) is 2. The molecule has 1 aromatic carbocycles. The van der Waals surface area contributed by atoms with Crippen LogP contribution in [-0.4, -0.2) is 27.2 Å². The van der Waals surface area contributed by atoms with E-state index in [1.807, 2.05) is 17.5 Å². The Morgan fingerprint density at radius 3 is 2.81 bits per heavy atom. The minimum Gasteiger partial charge on any atom is -0.382 e. The Hall–Kier alpha value is -3.55. The normalized spacial score (nSPS) is 10.7. The summed E-state index contributed by atoms with van der Waals surface area (Å²) < 4.78 is 14.6. The highest BCUT2D eigenvalue weighted by Gasteiger charge is 2.17. The van der Waals surface area contributed by atoms with Crippen LogP contribution in [0.5, 0.6) is 0 Å². The van der Waals surface area contributed by atoms with Crippen molar-refractivity contribution in [2.45, 2.75) is 12.8 Å². The Kier molecular flexibility index (Phi) is 6.06. The first kappa shape index (κ1) is 20.7. The Balaban J connectivity index is 1.36. The highest BCUT2D eigenvalue weighted by atomic mass is 32.1. The number of hydrogen-bond acceptors (Lipinski definition) is 7. The van der Waals surface area contributed by atoms with Crippen LogP contribution in [-0.2, 0) is 6.42 Å². The van der Waals surface area contributed by atoms with E-state index in [1.165, 1.54) is 28.2 Å². The van der Waals surface area contributed by atoms with Crippen LogP contribution in [0.1, 0.15) is 27.3 Å². The van der Waals surface area contributed by atoms with Gasteiger partial charge in [-0.15, -0.1) is 22.7 Å². The molecule has 0 fully saturated rings. The number of nitrogen functional groups attached to an aromatic ring is 1. The number of halogens is 1. The fourth-order valence-electron chi connectivity index (χ4n) is 2.99. The number of thiazole rings is 1. The number of aromatic nitrogens is 3. The summed E-state index contributed by atoms with van der Waals surface area (Å²) in [6.45, 7) is 0.416. The van der Waals surface area contributed by atoms with Crippen molar-refractivity contribution in [3.63, 3.8) is 0 Å². The number of amides is 1. The zero-order valence-electron chi connectivity index (χ0n) is 16.2.